The Morgan fingerprint density at radius 2 is 1.86 bits per heavy atom. The standard InChI is InChI=1S/C10H23NO2S/c1-9(10(12-2)13-3)11-7-5-6-8-14-4/h9-11H,5-8H2,1-4H3. The lowest BCUT2D eigenvalue weighted by molar-refractivity contribution is -0.119. The van der Waals surface area contributed by atoms with Crippen molar-refractivity contribution in [3.63, 3.8) is 0 Å². The Kier molecular flexibility index (Phi) is 9.93. The monoisotopic (exact) mass is 221 g/mol. The maximum atomic E-state index is 5.15. The molecule has 0 aliphatic rings. The lowest BCUT2D eigenvalue weighted by Crippen LogP contribution is -2.40. The summed E-state index contributed by atoms with van der Waals surface area (Å²) >= 11 is 1.90. The fraction of sp³-hybridized carbons (Fsp3) is 1.00. The van der Waals surface area contributed by atoms with Crippen LogP contribution >= 0.6 is 11.8 Å². The predicted octanol–water partition coefficient (Wildman–Crippen LogP) is 1.73. The average molecular weight is 221 g/mol. The number of rotatable bonds is 9. The van der Waals surface area contributed by atoms with Crippen molar-refractivity contribution in [2.45, 2.75) is 32.1 Å². The number of nitrogens with one attached hydrogen (secondary N) is 1. The van der Waals surface area contributed by atoms with Gasteiger partial charge in [0.2, 0.25) is 0 Å². The minimum atomic E-state index is -0.143. The quantitative estimate of drug-likeness (QED) is 0.474. The third-order valence-corrected chi connectivity index (χ3v) is 2.81. The van der Waals surface area contributed by atoms with Crippen LogP contribution in [0.2, 0.25) is 0 Å². The molecule has 0 radical (unpaired) electrons. The molecule has 0 spiro atoms. The van der Waals surface area contributed by atoms with Crippen LogP contribution in [0, 0.1) is 0 Å². The maximum Gasteiger partial charge on any atom is 0.171 e. The van der Waals surface area contributed by atoms with Gasteiger partial charge in [-0.3, -0.25) is 0 Å². The van der Waals surface area contributed by atoms with Gasteiger partial charge in [-0.1, -0.05) is 0 Å². The minimum absolute atomic E-state index is 0.143. The summed E-state index contributed by atoms with van der Waals surface area (Å²) in [7, 11) is 3.33. The van der Waals surface area contributed by atoms with Gasteiger partial charge in [-0.15, -0.1) is 0 Å². The third-order valence-electron chi connectivity index (χ3n) is 2.11. The SMILES string of the molecule is COC(OC)C(C)NCCCCSC. The van der Waals surface area contributed by atoms with Gasteiger partial charge in [-0.2, -0.15) is 11.8 Å². The van der Waals surface area contributed by atoms with Crippen LogP contribution in [0.15, 0.2) is 0 Å². The first-order chi connectivity index (χ1) is 6.76. The molecule has 0 rings (SSSR count). The molecule has 0 saturated carbocycles. The van der Waals surface area contributed by atoms with Crippen LogP contribution in [0.4, 0.5) is 0 Å². The van der Waals surface area contributed by atoms with Crippen LogP contribution in [0.5, 0.6) is 0 Å². The van der Waals surface area contributed by atoms with Crippen molar-refractivity contribution >= 4 is 11.8 Å². The molecule has 86 valence electrons. The summed E-state index contributed by atoms with van der Waals surface area (Å²) in [6, 6.07) is 0.249. The highest BCUT2D eigenvalue weighted by atomic mass is 32.2. The van der Waals surface area contributed by atoms with Gasteiger partial charge >= 0.3 is 0 Å². The van der Waals surface area contributed by atoms with Crippen LogP contribution in [-0.4, -0.2) is 45.1 Å². The highest BCUT2D eigenvalue weighted by molar-refractivity contribution is 7.98. The topological polar surface area (TPSA) is 30.5 Å². The molecular formula is C10H23NO2S. The second kappa shape index (κ2) is 9.77. The Hall–Kier alpha value is 0.230. The molecule has 0 aromatic heterocycles. The predicted molar refractivity (Wildman–Crippen MR) is 62.9 cm³/mol. The first-order valence-corrected chi connectivity index (χ1v) is 6.43. The number of hydrogen-bond donors (Lipinski definition) is 1. The fourth-order valence-corrected chi connectivity index (χ4v) is 1.79. The normalized spacial score (nSPS) is 13.5. The van der Waals surface area contributed by atoms with Crippen molar-refractivity contribution in [1.82, 2.24) is 5.32 Å². The molecule has 0 aliphatic carbocycles. The van der Waals surface area contributed by atoms with Gasteiger partial charge in [0.15, 0.2) is 6.29 Å². The molecule has 14 heavy (non-hydrogen) atoms. The molecule has 1 atom stereocenters. The van der Waals surface area contributed by atoms with E-state index in [1.807, 2.05) is 11.8 Å². The van der Waals surface area contributed by atoms with E-state index in [0.29, 0.717) is 0 Å². The van der Waals surface area contributed by atoms with Gasteiger partial charge in [-0.25, -0.2) is 0 Å². The van der Waals surface area contributed by atoms with Crippen LogP contribution in [-0.2, 0) is 9.47 Å². The average Bonchev–Trinajstić information content (AvgIpc) is 2.19. The lowest BCUT2D eigenvalue weighted by atomic mass is 10.3. The minimum Gasteiger partial charge on any atom is -0.354 e. The maximum absolute atomic E-state index is 5.15. The van der Waals surface area contributed by atoms with E-state index in [1.165, 1.54) is 18.6 Å². The van der Waals surface area contributed by atoms with E-state index in [2.05, 4.69) is 18.5 Å². The molecule has 4 heteroatoms. The van der Waals surface area contributed by atoms with Crippen LogP contribution in [0.1, 0.15) is 19.8 Å². The summed E-state index contributed by atoms with van der Waals surface area (Å²) in [5.74, 6) is 1.24. The second-order valence-electron chi connectivity index (χ2n) is 3.28. The molecule has 0 amide bonds. The zero-order valence-electron chi connectivity index (χ0n) is 9.71. The van der Waals surface area contributed by atoms with Crippen molar-refractivity contribution < 1.29 is 9.47 Å². The Morgan fingerprint density at radius 1 is 1.21 bits per heavy atom. The van der Waals surface area contributed by atoms with Crippen LogP contribution < -0.4 is 5.32 Å². The Balaban J connectivity index is 3.37. The smallest absolute Gasteiger partial charge is 0.171 e. The number of unbranched alkanes of at least 4 members (excludes halogenated alkanes) is 1. The highest BCUT2D eigenvalue weighted by Gasteiger charge is 2.13. The number of methoxy groups -OCH3 is 2. The van der Waals surface area contributed by atoms with E-state index in [9.17, 15) is 0 Å². The van der Waals surface area contributed by atoms with E-state index in [-0.39, 0.29) is 12.3 Å². The van der Waals surface area contributed by atoms with E-state index in [0.717, 1.165) is 6.54 Å². The number of ether oxygens (including phenoxy) is 2. The first-order valence-electron chi connectivity index (χ1n) is 5.04. The first kappa shape index (κ1) is 14.2. The molecule has 1 unspecified atom stereocenters. The zero-order valence-corrected chi connectivity index (χ0v) is 10.5. The van der Waals surface area contributed by atoms with Gasteiger partial charge < -0.3 is 14.8 Å². The summed E-state index contributed by atoms with van der Waals surface area (Å²) in [6.07, 6.45) is 4.48. The van der Waals surface area contributed by atoms with Crippen molar-refractivity contribution in [2.75, 3.05) is 32.8 Å². The summed E-state index contributed by atoms with van der Waals surface area (Å²) in [5.41, 5.74) is 0. The third kappa shape index (κ3) is 6.65. The molecule has 0 fully saturated rings. The van der Waals surface area contributed by atoms with Crippen LogP contribution in [0.3, 0.4) is 0 Å². The second-order valence-corrected chi connectivity index (χ2v) is 4.27. The molecular weight excluding hydrogens is 198 g/mol. The molecule has 0 aromatic carbocycles. The van der Waals surface area contributed by atoms with E-state index in [4.69, 9.17) is 9.47 Å². The largest absolute Gasteiger partial charge is 0.354 e. The summed E-state index contributed by atoms with van der Waals surface area (Å²) < 4.78 is 10.3. The zero-order chi connectivity index (χ0) is 10.8. The Morgan fingerprint density at radius 3 is 2.36 bits per heavy atom. The molecule has 0 aliphatic heterocycles. The van der Waals surface area contributed by atoms with E-state index in [1.54, 1.807) is 14.2 Å². The molecule has 0 heterocycles. The molecule has 3 nitrogen and oxygen atoms in total. The molecule has 0 saturated heterocycles. The Labute approximate surface area is 91.9 Å². The van der Waals surface area contributed by atoms with Gasteiger partial charge in [0.05, 0.1) is 6.04 Å². The van der Waals surface area contributed by atoms with Gasteiger partial charge in [-0.05, 0) is 38.3 Å². The van der Waals surface area contributed by atoms with Crippen molar-refractivity contribution in [1.29, 1.82) is 0 Å². The lowest BCUT2D eigenvalue weighted by Gasteiger charge is -2.22. The summed E-state index contributed by atoms with van der Waals surface area (Å²) in [4.78, 5) is 0. The van der Waals surface area contributed by atoms with Gasteiger partial charge in [0.1, 0.15) is 0 Å². The van der Waals surface area contributed by atoms with E-state index < -0.39 is 0 Å². The summed E-state index contributed by atoms with van der Waals surface area (Å²) in [5, 5.41) is 3.38. The van der Waals surface area contributed by atoms with Gasteiger partial charge in [0.25, 0.3) is 0 Å². The van der Waals surface area contributed by atoms with Crippen molar-refractivity contribution in [3.8, 4) is 0 Å². The number of hydrogen-bond acceptors (Lipinski definition) is 4. The van der Waals surface area contributed by atoms with Crippen molar-refractivity contribution in [2.24, 2.45) is 0 Å². The Bertz CT molecular complexity index is 121. The summed E-state index contributed by atoms with van der Waals surface area (Å²) in [6.45, 7) is 3.11. The van der Waals surface area contributed by atoms with E-state index >= 15 is 0 Å². The van der Waals surface area contributed by atoms with Crippen LogP contribution in [0.25, 0.3) is 0 Å². The molecule has 0 bridgehead atoms. The number of thioether (sulfide) groups is 1. The van der Waals surface area contributed by atoms with Crippen molar-refractivity contribution in [3.05, 3.63) is 0 Å². The highest BCUT2D eigenvalue weighted by Crippen LogP contribution is 2.01. The fourth-order valence-electron chi connectivity index (χ4n) is 1.30. The van der Waals surface area contributed by atoms with Gasteiger partial charge in [0, 0.05) is 14.2 Å². The molecule has 1 N–H and O–H groups in total. The molecule has 0 aromatic rings.